The number of aryl methyl sites for hydroxylation is 2. The Labute approximate surface area is 555 Å². The van der Waals surface area contributed by atoms with Crippen LogP contribution in [0.5, 0.6) is 0 Å². The molecule has 28 nitrogen and oxygen atoms in total. The van der Waals surface area contributed by atoms with Crippen LogP contribution in [0.2, 0.25) is 0 Å². The summed E-state index contributed by atoms with van der Waals surface area (Å²) in [4.78, 5) is 134. The number of carbonyl (C=O) groups excluding carboxylic acids is 3. The van der Waals surface area contributed by atoms with E-state index in [4.69, 9.17) is 70.5 Å². The maximum atomic E-state index is 12.6. The quantitative estimate of drug-likeness (QED) is 0.0467. The van der Waals surface area contributed by atoms with E-state index in [1.807, 2.05) is 12.3 Å². The number of aliphatic imine (C=N–C) groups is 1. The van der Waals surface area contributed by atoms with Crippen molar-refractivity contribution >= 4 is 109 Å². The highest BCUT2D eigenvalue weighted by molar-refractivity contribution is 7.13. The van der Waals surface area contributed by atoms with Crippen molar-refractivity contribution in [1.82, 2.24) is 45.0 Å². The summed E-state index contributed by atoms with van der Waals surface area (Å²) >= 11 is 16.6. The molecule has 0 aromatic carbocycles. The fourth-order valence-electron chi connectivity index (χ4n) is 5.17. The van der Waals surface area contributed by atoms with Crippen LogP contribution in [-0.4, -0.2) is 151 Å². The van der Waals surface area contributed by atoms with Crippen molar-refractivity contribution < 1.29 is 110 Å². The SMILES string of the molecule is Cc1cc(C(=O)O)no1.Cc1ccc(C(=O)O)cn1.O=C(Cl)c1ccc(C(F)(F)F)nc1.O=C(Cl)c1cccnc1.O=C(Cl)c1cccs1.O=C(O)C(F)(F)c1ccccn1.O=C(O)C1=NCC=C1.O=C(O)c1ccccn1.O=C(O)c1ccncc1.O=C(O)c1cnccn1. The van der Waals surface area contributed by atoms with Crippen molar-refractivity contribution in [2.45, 2.75) is 25.9 Å². The molecule has 0 amide bonds. The fourth-order valence-corrected chi connectivity index (χ4v) is 6.14. The van der Waals surface area contributed by atoms with Crippen LogP contribution in [-0.2, 0) is 21.7 Å². The predicted molar refractivity (Wildman–Crippen MR) is 329 cm³/mol. The Morgan fingerprint density at radius 1 is 0.469 bits per heavy atom. The average Bonchev–Trinajstić information content (AvgIpc) is 1.27. The minimum absolute atomic E-state index is 0.0301. The number of aliphatic carboxylic acids is 2. The third-order valence-corrected chi connectivity index (χ3v) is 11.2. The number of hydrogen-bond donors (Lipinski definition) is 7. The van der Waals surface area contributed by atoms with E-state index < -0.39 is 75.8 Å². The number of aromatic carboxylic acids is 5. The summed E-state index contributed by atoms with van der Waals surface area (Å²) in [5.74, 6) is -11.5. The van der Waals surface area contributed by atoms with Gasteiger partial charge in [0.2, 0.25) is 0 Å². The Kier molecular flexibility index (Phi) is 37.5. The lowest BCUT2D eigenvalue weighted by Crippen LogP contribution is -2.26. The van der Waals surface area contributed by atoms with Crippen molar-refractivity contribution in [3.05, 3.63) is 256 Å². The highest BCUT2D eigenvalue weighted by Gasteiger charge is 2.42. The number of nitrogens with zero attached hydrogens (tertiary/aromatic N) is 10. The van der Waals surface area contributed by atoms with Crippen molar-refractivity contribution in [3.63, 3.8) is 0 Å². The van der Waals surface area contributed by atoms with Gasteiger partial charge in [-0.2, -0.15) is 22.0 Å². The van der Waals surface area contributed by atoms with Gasteiger partial charge in [0, 0.05) is 73.7 Å². The molecule has 7 N–H and O–H groups in total. The summed E-state index contributed by atoms with van der Waals surface area (Å²) in [6.07, 6.45) is 13.3. The Morgan fingerprint density at radius 2 is 1.04 bits per heavy atom. The first-order valence-corrected chi connectivity index (χ1v) is 27.3. The molecular weight excluding hydrogens is 1370 g/mol. The van der Waals surface area contributed by atoms with Crippen LogP contribution in [0.3, 0.4) is 0 Å². The van der Waals surface area contributed by atoms with Crippen molar-refractivity contribution in [1.29, 1.82) is 0 Å². The molecule has 1 aliphatic heterocycles. The molecule has 0 atom stereocenters. The van der Waals surface area contributed by atoms with E-state index >= 15 is 0 Å². The summed E-state index contributed by atoms with van der Waals surface area (Å²) in [7, 11) is 0. The van der Waals surface area contributed by atoms with Gasteiger partial charge in [-0.15, -0.1) is 11.3 Å². The van der Waals surface area contributed by atoms with Gasteiger partial charge >= 0.3 is 53.9 Å². The van der Waals surface area contributed by atoms with Gasteiger partial charge in [0.05, 0.1) is 39.9 Å². The van der Waals surface area contributed by atoms with E-state index in [0.29, 0.717) is 28.8 Å². The highest BCUT2D eigenvalue weighted by Crippen LogP contribution is 2.27. The van der Waals surface area contributed by atoms with Gasteiger partial charge in [-0.3, -0.25) is 49.3 Å². The topological polar surface area (TPSA) is 454 Å². The average molecular weight is 1420 g/mol. The van der Waals surface area contributed by atoms with Crippen molar-refractivity contribution in [2.24, 2.45) is 4.99 Å². The molecule has 10 rings (SSSR count). The normalized spacial score (nSPS) is 10.2. The first-order chi connectivity index (χ1) is 45.2. The number of pyridine rings is 6. The molecule has 0 radical (unpaired) electrons. The minimum atomic E-state index is -4.49. The van der Waals surface area contributed by atoms with Crippen LogP contribution in [0.25, 0.3) is 0 Å². The standard InChI is InChI=1S/C7H3ClF3NO.C7H5F2NO2.C7H7NO2.C6H4ClNO.2C6H5NO2.C5H3ClOS.C5H4N2O2.C5H5NO3.C5H5NO2/c8-6(13)4-1-2-5(12-3-4)7(9,10)11;8-7(9,6(11)12)5-3-1-2-4-10-5;1-5-2-3-6(4-8-5)7(9)10;7-6(9)5-2-1-3-8-4-5;8-6(9)5-1-3-7-4-2-5;8-6(9)5-3-1-2-4-7-5;6-5(7)4-2-1-3-8-4;8-5(9)4-3-6-1-2-7-4;1-3-2-4(5(7)8)6-9-3;7-5(8)4-2-1-3-6-4/h1-3H;1-4H,(H,11,12);2-4H,1H3,(H,9,10);1-4H;2*1-4H,(H,8,9);1-3H;1-3H,(H,8,9);2H,1H3,(H,7,8);1-2H,3H2,(H,7,8). The molecule has 0 spiro atoms. The zero-order valence-corrected chi connectivity index (χ0v) is 51.7. The monoisotopic (exact) mass is 1410 g/mol. The number of carbonyl (C=O) groups is 10. The molecule has 96 heavy (non-hydrogen) atoms. The zero-order chi connectivity index (χ0) is 72.4. The second-order valence-electron chi connectivity index (χ2n) is 16.6. The summed E-state index contributed by atoms with van der Waals surface area (Å²) < 4.78 is 65.5. The second kappa shape index (κ2) is 43.8. The maximum absolute atomic E-state index is 12.6. The molecule has 0 saturated carbocycles. The number of aromatic nitrogens is 9. The molecule has 10 heterocycles. The van der Waals surface area contributed by atoms with E-state index in [1.165, 1.54) is 109 Å². The molecule has 37 heteroatoms. The van der Waals surface area contributed by atoms with Gasteiger partial charge in [0.25, 0.3) is 15.7 Å². The number of carboxylic acid groups (broad SMARTS) is 7. The third kappa shape index (κ3) is 34.5. The van der Waals surface area contributed by atoms with E-state index in [2.05, 4.69) is 54.5 Å². The van der Waals surface area contributed by atoms with Gasteiger partial charge in [-0.1, -0.05) is 29.4 Å². The van der Waals surface area contributed by atoms with E-state index in [0.717, 1.165) is 30.2 Å². The molecular formula is C59H46Cl3F5N10O18S. The van der Waals surface area contributed by atoms with E-state index in [-0.39, 0.29) is 44.7 Å². The lowest BCUT2D eigenvalue weighted by Gasteiger charge is -2.08. The Balaban J connectivity index is 0.000000535. The molecule has 0 unspecified atom stereocenters. The molecule has 9 aromatic heterocycles. The summed E-state index contributed by atoms with van der Waals surface area (Å²) in [6.45, 7) is 3.96. The fraction of sp³-hybridized carbons (Fsp3) is 0.0847. The third-order valence-electron chi connectivity index (χ3n) is 9.60. The first-order valence-electron chi connectivity index (χ1n) is 25.3. The van der Waals surface area contributed by atoms with Crippen LogP contribution in [0.4, 0.5) is 22.0 Å². The lowest BCUT2D eigenvalue weighted by atomic mass is 10.2. The Hall–Kier alpha value is -11.9. The van der Waals surface area contributed by atoms with E-state index in [9.17, 15) is 69.9 Å². The summed E-state index contributed by atoms with van der Waals surface area (Å²) in [5, 5.41) is 61.4. The maximum Gasteiger partial charge on any atom is 0.433 e. The van der Waals surface area contributed by atoms with Crippen LogP contribution in [0.15, 0.2) is 198 Å². The summed E-state index contributed by atoms with van der Waals surface area (Å²) in [5.41, 5.74) is 0.0496. The first kappa shape index (κ1) is 82.1. The summed E-state index contributed by atoms with van der Waals surface area (Å²) in [6, 6.07) is 24.4. The predicted octanol–water partition coefficient (Wildman–Crippen LogP) is 10.9. The number of thiophene rings is 1. The molecule has 1 aliphatic rings. The molecule has 0 aliphatic carbocycles. The number of carboxylic acids is 7. The van der Waals surface area contributed by atoms with Gasteiger partial charge in [0.15, 0.2) is 11.4 Å². The van der Waals surface area contributed by atoms with Crippen molar-refractivity contribution in [2.75, 3.05) is 6.54 Å². The molecule has 0 fully saturated rings. The second-order valence-corrected chi connectivity index (χ2v) is 18.6. The smallest absolute Gasteiger partial charge is 0.433 e. The van der Waals surface area contributed by atoms with Gasteiger partial charge < -0.3 is 40.3 Å². The van der Waals surface area contributed by atoms with Crippen LogP contribution < -0.4 is 0 Å². The van der Waals surface area contributed by atoms with Crippen LogP contribution in [0.1, 0.15) is 105 Å². The zero-order valence-electron chi connectivity index (χ0n) is 48.6. The molecule has 9 aromatic rings. The van der Waals surface area contributed by atoms with Crippen LogP contribution >= 0.6 is 46.1 Å². The van der Waals surface area contributed by atoms with Gasteiger partial charge in [-0.25, -0.2) is 43.5 Å². The minimum Gasteiger partial charge on any atom is -0.478 e. The largest absolute Gasteiger partial charge is 0.478 e. The number of alkyl halides is 5. The number of rotatable bonds is 11. The van der Waals surface area contributed by atoms with Crippen LogP contribution in [0, 0.1) is 13.8 Å². The Morgan fingerprint density at radius 3 is 1.35 bits per heavy atom. The van der Waals surface area contributed by atoms with Gasteiger partial charge in [-0.05, 0) is 139 Å². The van der Waals surface area contributed by atoms with E-state index in [1.54, 1.807) is 61.7 Å². The molecule has 0 saturated heterocycles. The number of halogens is 8. The van der Waals surface area contributed by atoms with Crippen molar-refractivity contribution in [3.8, 4) is 0 Å². The molecule has 502 valence electrons. The lowest BCUT2D eigenvalue weighted by molar-refractivity contribution is -0.167. The highest BCUT2D eigenvalue weighted by atomic mass is 35.5. The van der Waals surface area contributed by atoms with Gasteiger partial charge in [0.1, 0.15) is 28.6 Å². The molecule has 0 bridgehead atoms. The Bertz CT molecular complexity index is 3790. The number of hydrogen-bond acceptors (Lipinski definition) is 22.